The molecular weight excluding hydrogens is 781 g/mol. The molecule has 1 unspecified atom stereocenters. The first-order chi connectivity index (χ1) is 27.9. The number of unbranched alkanes of at least 4 members (excludes halogenated alkanes) is 2. The van der Waals surface area contributed by atoms with Crippen LogP contribution in [-0.2, 0) is 40.1 Å². The standard InChI is InChI=1S/C41H64N8O9S/c1-9-29(10-2)59-31-23-33(51)49(39(31)55)22-13-11-12-16-32(50)47-34(25(3)4)37(53)46-30(15-14-21-44-40(42)56)36(52)45-28-19-17-27(18-20-28)24-58-41(57)48(8)35(26(5)6)38(54)43-7/h17-20,25-26,29-31,34-35H,7,9-16,21-24H2,1-6,8H3,(H,45,52)(H,46,53)(H,47,50)(H3,42,44,56)/t30-,31?,34-,35-/m0/s1. The number of nitrogens with one attached hydrogen (secondary N) is 4. The van der Waals surface area contributed by atoms with Gasteiger partial charge in [-0.2, -0.15) is 0 Å². The number of likely N-dealkylation sites (tertiary alicyclic amines) is 1. The highest BCUT2D eigenvalue weighted by Crippen LogP contribution is 2.31. The number of nitrogens with two attached hydrogens (primary N) is 1. The number of rotatable bonds is 25. The van der Waals surface area contributed by atoms with Gasteiger partial charge in [-0.15, -0.1) is 11.8 Å². The van der Waals surface area contributed by atoms with Crippen LogP contribution in [0, 0.1) is 11.8 Å². The Morgan fingerprint density at radius 2 is 1.61 bits per heavy atom. The molecule has 328 valence electrons. The minimum absolute atomic E-state index is 0.106. The second kappa shape index (κ2) is 25.5. The number of ether oxygens (including phenoxy) is 1. The summed E-state index contributed by atoms with van der Waals surface area (Å²) in [7, 11) is 1.45. The van der Waals surface area contributed by atoms with Crippen molar-refractivity contribution < 1.29 is 43.1 Å². The highest BCUT2D eigenvalue weighted by molar-refractivity contribution is 8.01. The van der Waals surface area contributed by atoms with Gasteiger partial charge in [0.1, 0.15) is 24.7 Å². The fourth-order valence-electron chi connectivity index (χ4n) is 6.53. The molecule has 2 rings (SSSR count). The van der Waals surface area contributed by atoms with Crippen molar-refractivity contribution in [3.63, 3.8) is 0 Å². The van der Waals surface area contributed by atoms with Gasteiger partial charge in [-0.25, -0.2) is 14.6 Å². The van der Waals surface area contributed by atoms with Crippen molar-refractivity contribution in [1.29, 1.82) is 0 Å². The lowest BCUT2D eigenvalue weighted by Crippen LogP contribution is -2.54. The van der Waals surface area contributed by atoms with E-state index in [4.69, 9.17) is 10.5 Å². The number of nitrogens with zero attached hydrogens (tertiary/aromatic N) is 3. The maximum atomic E-state index is 13.6. The second-order valence-corrected chi connectivity index (χ2v) is 16.8. The molecule has 0 saturated carbocycles. The summed E-state index contributed by atoms with van der Waals surface area (Å²) in [6.45, 7) is 14.9. The number of hydrogen-bond donors (Lipinski definition) is 5. The number of primary amides is 1. The first kappa shape index (κ1) is 50.1. The molecule has 0 radical (unpaired) electrons. The summed E-state index contributed by atoms with van der Waals surface area (Å²) in [5, 5.41) is 10.8. The van der Waals surface area contributed by atoms with Crippen LogP contribution in [0.2, 0.25) is 0 Å². The maximum Gasteiger partial charge on any atom is 0.410 e. The van der Waals surface area contributed by atoms with Gasteiger partial charge < -0.3 is 31.7 Å². The smallest absolute Gasteiger partial charge is 0.410 e. The average molecular weight is 845 g/mol. The Kier molecular flexibility index (Phi) is 21.7. The Hall–Kier alpha value is -5.00. The van der Waals surface area contributed by atoms with Gasteiger partial charge in [0, 0.05) is 43.9 Å². The summed E-state index contributed by atoms with van der Waals surface area (Å²) in [5.74, 6) is -2.83. The Morgan fingerprint density at radius 3 is 2.19 bits per heavy atom. The number of anilines is 1. The van der Waals surface area contributed by atoms with Gasteiger partial charge in [-0.1, -0.05) is 60.1 Å². The number of urea groups is 1. The normalized spacial score (nSPS) is 15.4. The molecule has 0 aliphatic carbocycles. The molecular formula is C41H64N8O9S. The molecule has 4 atom stereocenters. The van der Waals surface area contributed by atoms with Crippen molar-refractivity contribution >= 4 is 71.7 Å². The molecule has 0 bridgehead atoms. The van der Waals surface area contributed by atoms with E-state index in [1.165, 1.54) is 16.8 Å². The lowest BCUT2D eigenvalue weighted by molar-refractivity contribution is -0.138. The number of carbonyl (C=O) groups is 8. The molecule has 1 fully saturated rings. The number of thioether (sulfide) groups is 1. The first-order valence-electron chi connectivity index (χ1n) is 20.4. The minimum atomic E-state index is -1.04. The molecule has 18 heteroatoms. The second-order valence-electron chi connectivity index (χ2n) is 15.3. The van der Waals surface area contributed by atoms with Crippen LogP contribution in [0.3, 0.4) is 0 Å². The van der Waals surface area contributed by atoms with Crippen LogP contribution < -0.4 is 27.0 Å². The zero-order valence-electron chi connectivity index (χ0n) is 35.5. The third kappa shape index (κ3) is 16.6. The Morgan fingerprint density at radius 1 is 0.949 bits per heavy atom. The Bertz CT molecular complexity index is 1620. The third-order valence-electron chi connectivity index (χ3n) is 9.95. The van der Waals surface area contributed by atoms with Crippen LogP contribution in [-0.4, -0.2) is 113 Å². The Balaban J connectivity index is 1.96. The number of carbonyl (C=O) groups excluding carboxylic acids is 8. The van der Waals surface area contributed by atoms with Crippen LogP contribution in [0.5, 0.6) is 0 Å². The zero-order chi connectivity index (χ0) is 44.2. The summed E-state index contributed by atoms with van der Waals surface area (Å²) in [4.78, 5) is 107. The number of hydrogen-bond acceptors (Lipinski definition) is 10. The van der Waals surface area contributed by atoms with E-state index in [0.29, 0.717) is 48.7 Å². The van der Waals surface area contributed by atoms with Gasteiger partial charge in [0.05, 0.1) is 5.25 Å². The Labute approximate surface area is 352 Å². The van der Waals surface area contributed by atoms with Crippen LogP contribution in [0.1, 0.15) is 105 Å². The summed E-state index contributed by atoms with van der Waals surface area (Å²) in [5.41, 5.74) is 6.18. The van der Waals surface area contributed by atoms with E-state index < -0.39 is 48.0 Å². The highest BCUT2D eigenvalue weighted by Gasteiger charge is 2.39. The lowest BCUT2D eigenvalue weighted by Gasteiger charge is -2.27. The molecule has 17 nitrogen and oxygen atoms in total. The minimum Gasteiger partial charge on any atom is -0.445 e. The summed E-state index contributed by atoms with van der Waals surface area (Å²) < 4.78 is 5.38. The van der Waals surface area contributed by atoms with Gasteiger partial charge in [-0.3, -0.25) is 38.6 Å². The topological polar surface area (TPSA) is 239 Å². The number of likely N-dealkylation sites (N-methyl/N-ethyl adjacent to an activating group) is 1. The van der Waals surface area contributed by atoms with Crippen LogP contribution in [0.25, 0.3) is 0 Å². The lowest BCUT2D eigenvalue weighted by atomic mass is 10.0. The highest BCUT2D eigenvalue weighted by atomic mass is 32.2. The van der Waals surface area contributed by atoms with Crippen LogP contribution in [0.4, 0.5) is 15.3 Å². The monoisotopic (exact) mass is 844 g/mol. The van der Waals surface area contributed by atoms with Crippen molar-refractivity contribution in [2.24, 2.45) is 22.6 Å². The quantitative estimate of drug-likeness (QED) is 0.0536. The van der Waals surface area contributed by atoms with Crippen molar-refractivity contribution in [2.75, 3.05) is 25.5 Å². The van der Waals surface area contributed by atoms with Crippen molar-refractivity contribution in [3.05, 3.63) is 29.8 Å². The van der Waals surface area contributed by atoms with Crippen molar-refractivity contribution in [1.82, 2.24) is 25.8 Å². The number of imide groups is 1. The van der Waals surface area contributed by atoms with E-state index >= 15 is 0 Å². The van der Waals surface area contributed by atoms with E-state index in [0.717, 1.165) is 12.8 Å². The number of aliphatic imine (C=N–C) groups is 1. The number of benzene rings is 1. The van der Waals surface area contributed by atoms with Gasteiger partial charge in [0.2, 0.25) is 29.5 Å². The maximum absolute atomic E-state index is 13.6. The molecule has 1 aliphatic rings. The average Bonchev–Trinajstić information content (AvgIpc) is 3.46. The molecule has 59 heavy (non-hydrogen) atoms. The molecule has 1 heterocycles. The van der Waals surface area contributed by atoms with Crippen LogP contribution >= 0.6 is 11.8 Å². The molecule has 0 aromatic heterocycles. The molecule has 9 amide bonds. The molecule has 6 N–H and O–H groups in total. The predicted octanol–water partition coefficient (Wildman–Crippen LogP) is 4.13. The SMILES string of the molecule is C=NC(=O)[C@H](C(C)C)N(C)C(=O)OCc1ccc(NC(=O)[C@H](CCCNC(N)=O)NC(=O)[C@@H](NC(=O)CCCCCN2C(=O)CC(SC(CC)CC)C2=O)C(C)C)cc1. The zero-order valence-corrected chi connectivity index (χ0v) is 36.4. The van der Waals surface area contributed by atoms with E-state index in [2.05, 4.69) is 46.8 Å². The van der Waals surface area contributed by atoms with Gasteiger partial charge in [0.15, 0.2) is 0 Å². The van der Waals surface area contributed by atoms with E-state index in [1.807, 2.05) is 0 Å². The molecule has 1 aromatic carbocycles. The largest absolute Gasteiger partial charge is 0.445 e. The molecule has 1 saturated heterocycles. The molecule has 0 spiro atoms. The van der Waals surface area contributed by atoms with Gasteiger partial charge >= 0.3 is 12.1 Å². The van der Waals surface area contributed by atoms with Crippen molar-refractivity contribution in [3.8, 4) is 0 Å². The fourth-order valence-corrected chi connectivity index (χ4v) is 7.87. The van der Waals surface area contributed by atoms with E-state index in [-0.39, 0.29) is 67.2 Å². The summed E-state index contributed by atoms with van der Waals surface area (Å²) >= 11 is 1.58. The fraction of sp³-hybridized carbons (Fsp3) is 0.634. The summed E-state index contributed by atoms with van der Waals surface area (Å²) in [6, 6.07) is 2.94. The predicted molar refractivity (Wildman–Crippen MR) is 227 cm³/mol. The molecule has 1 aromatic rings. The summed E-state index contributed by atoms with van der Waals surface area (Å²) in [6.07, 6.45) is 3.61. The molecule has 1 aliphatic heterocycles. The van der Waals surface area contributed by atoms with Crippen molar-refractivity contribution in [2.45, 2.75) is 135 Å². The van der Waals surface area contributed by atoms with E-state index in [9.17, 15) is 38.4 Å². The van der Waals surface area contributed by atoms with Gasteiger partial charge in [-0.05, 0) is 74.8 Å². The van der Waals surface area contributed by atoms with Crippen LogP contribution in [0.15, 0.2) is 29.3 Å². The van der Waals surface area contributed by atoms with E-state index in [1.54, 1.807) is 63.7 Å². The number of amides is 9. The first-order valence-corrected chi connectivity index (χ1v) is 21.3. The van der Waals surface area contributed by atoms with Gasteiger partial charge in [0.25, 0.3) is 5.91 Å². The third-order valence-corrected chi connectivity index (χ3v) is 11.7.